The molecule has 0 spiro atoms. The van der Waals surface area contributed by atoms with E-state index in [0.29, 0.717) is 5.82 Å². The molecule has 0 atom stereocenters. The zero-order valence-corrected chi connectivity index (χ0v) is 12.8. The Labute approximate surface area is 125 Å². The van der Waals surface area contributed by atoms with Crippen LogP contribution in [0.4, 0.5) is 13.2 Å². The van der Waals surface area contributed by atoms with Crippen LogP contribution in [0.2, 0.25) is 0 Å². The lowest BCUT2D eigenvalue weighted by molar-refractivity contribution is -0.135. The third-order valence-electron chi connectivity index (χ3n) is 3.32. The monoisotopic (exact) mass is 322 g/mol. The number of aromatic nitrogens is 4. The van der Waals surface area contributed by atoms with Crippen LogP contribution in [0.1, 0.15) is 37.7 Å². The van der Waals surface area contributed by atoms with E-state index < -0.39 is 12.6 Å². The smallest absolute Gasteiger partial charge is 0.312 e. The van der Waals surface area contributed by atoms with Gasteiger partial charge in [0, 0.05) is 20.0 Å². The molecule has 0 saturated heterocycles. The summed E-state index contributed by atoms with van der Waals surface area (Å²) in [4.78, 5) is 4.45. The predicted octanol–water partition coefficient (Wildman–Crippen LogP) is 3.80. The van der Waals surface area contributed by atoms with Crippen molar-refractivity contribution in [3.8, 4) is 0 Å². The molecule has 0 bridgehead atoms. The number of alkyl halides is 4. The van der Waals surface area contributed by atoms with Crippen LogP contribution in [0.5, 0.6) is 0 Å². The molecule has 0 aliphatic carbocycles. The first-order valence-electron chi connectivity index (χ1n) is 6.91. The average Bonchev–Trinajstić information content (AvgIpc) is 2.88. The Morgan fingerprint density at radius 2 is 2.00 bits per heavy atom. The van der Waals surface area contributed by atoms with Gasteiger partial charge in [0.05, 0.1) is 11.6 Å². The third kappa shape index (κ3) is 3.51. The second-order valence-electron chi connectivity index (χ2n) is 5.02. The molecular formula is C13H18ClF3N4. The summed E-state index contributed by atoms with van der Waals surface area (Å²) in [7, 11) is 1.78. The molecule has 4 nitrogen and oxygen atoms in total. The highest BCUT2D eigenvalue weighted by atomic mass is 35.5. The summed E-state index contributed by atoms with van der Waals surface area (Å²) >= 11 is 5.88. The first-order valence-corrected chi connectivity index (χ1v) is 7.44. The van der Waals surface area contributed by atoms with Crippen molar-refractivity contribution in [2.75, 3.05) is 0 Å². The minimum Gasteiger partial charge on any atom is -0.312 e. The Hall–Kier alpha value is -1.24. The van der Waals surface area contributed by atoms with Gasteiger partial charge in [-0.05, 0) is 12.8 Å². The Morgan fingerprint density at radius 3 is 2.57 bits per heavy atom. The lowest BCUT2D eigenvalue weighted by Crippen LogP contribution is -2.11. The summed E-state index contributed by atoms with van der Waals surface area (Å²) < 4.78 is 40.3. The second-order valence-corrected chi connectivity index (χ2v) is 5.29. The highest BCUT2D eigenvalue weighted by molar-refractivity contribution is 6.16. The van der Waals surface area contributed by atoms with Crippen molar-refractivity contribution in [1.29, 1.82) is 0 Å². The molecule has 2 rings (SSSR count). The molecule has 8 heteroatoms. The number of halogens is 4. The van der Waals surface area contributed by atoms with Crippen LogP contribution < -0.4 is 0 Å². The normalized spacial score (nSPS) is 12.5. The van der Waals surface area contributed by atoms with Crippen molar-refractivity contribution in [1.82, 2.24) is 19.3 Å². The number of hydrogen-bond donors (Lipinski definition) is 0. The summed E-state index contributed by atoms with van der Waals surface area (Å²) in [6, 6.07) is 0. The average molecular weight is 323 g/mol. The summed E-state index contributed by atoms with van der Waals surface area (Å²) in [6.07, 6.45) is -3.22. The molecule has 2 aromatic rings. The summed E-state index contributed by atoms with van der Waals surface area (Å²) in [5, 5.41) is 4.40. The van der Waals surface area contributed by atoms with E-state index in [1.807, 2.05) is 6.92 Å². The fraction of sp³-hybridized carbons (Fsp3) is 0.692. The minimum absolute atomic E-state index is 0.00708. The number of nitrogens with zero attached hydrogens (tertiary/aromatic N) is 4. The highest BCUT2D eigenvalue weighted by Gasteiger charge is 2.27. The molecule has 0 unspecified atom stereocenters. The van der Waals surface area contributed by atoms with E-state index in [4.69, 9.17) is 11.6 Å². The molecule has 0 aliphatic heterocycles. The molecule has 0 amide bonds. The first kappa shape index (κ1) is 16.1. The van der Waals surface area contributed by atoms with Crippen molar-refractivity contribution in [3.05, 3.63) is 11.5 Å². The van der Waals surface area contributed by atoms with E-state index in [0.717, 1.165) is 29.7 Å². The molecule has 0 saturated carbocycles. The van der Waals surface area contributed by atoms with Gasteiger partial charge in [-0.1, -0.05) is 13.3 Å². The molecule has 0 aliphatic rings. The standard InChI is InChI=1S/C13H18ClF3N4/c1-3-5-9-11-12(20(2)19-9)21(10(8-14)18-11)7-4-6-13(15,16)17/h3-8H2,1-2H3. The van der Waals surface area contributed by atoms with Crippen molar-refractivity contribution in [3.63, 3.8) is 0 Å². The van der Waals surface area contributed by atoms with E-state index in [-0.39, 0.29) is 18.8 Å². The van der Waals surface area contributed by atoms with Gasteiger partial charge in [0.15, 0.2) is 5.65 Å². The molecule has 21 heavy (non-hydrogen) atoms. The van der Waals surface area contributed by atoms with E-state index in [1.54, 1.807) is 16.3 Å². The Kier molecular flexibility index (Phi) is 4.81. The Morgan fingerprint density at radius 1 is 1.29 bits per heavy atom. The second kappa shape index (κ2) is 6.25. The molecular weight excluding hydrogens is 305 g/mol. The molecule has 2 heterocycles. The van der Waals surface area contributed by atoms with Gasteiger partial charge in [0.25, 0.3) is 0 Å². The molecule has 0 radical (unpaired) electrons. The Bertz CT molecular complexity index is 615. The maximum atomic E-state index is 12.3. The van der Waals surface area contributed by atoms with Gasteiger partial charge in [-0.15, -0.1) is 11.6 Å². The first-order chi connectivity index (χ1) is 9.87. The lowest BCUT2D eigenvalue weighted by atomic mass is 10.2. The number of imidazole rings is 1. The molecule has 0 N–H and O–H groups in total. The van der Waals surface area contributed by atoms with Crippen molar-refractivity contribution in [2.24, 2.45) is 7.05 Å². The van der Waals surface area contributed by atoms with Gasteiger partial charge >= 0.3 is 6.18 Å². The van der Waals surface area contributed by atoms with Crippen LogP contribution in [-0.2, 0) is 25.9 Å². The zero-order valence-electron chi connectivity index (χ0n) is 12.0. The van der Waals surface area contributed by atoms with Gasteiger partial charge in [-0.25, -0.2) is 4.98 Å². The minimum atomic E-state index is -4.14. The Balaban J connectivity index is 2.32. The van der Waals surface area contributed by atoms with Crippen molar-refractivity contribution < 1.29 is 13.2 Å². The van der Waals surface area contributed by atoms with Crippen LogP contribution in [0.15, 0.2) is 0 Å². The molecule has 0 fully saturated rings. The topological polar surface area (TPSA) is 35.6 Å². The van der Waals surface area contributed by atoms with Crippen LogP contribution in [0, 0.1) is 0 Å². The van der Waals surface area contributed by atoms with Crippen LogP contribution in [0.25, 0.3) is 11.2 Å². The SMILES string of the molecule is CCCc1nn(C)c2c1nc(CCl)n2CCCC(F)(F)F. The maximum Gasteiger partial charge on any atom is 0.389 e. The van der Waals surface area contributed by atoms with Crippen molar-refractivity contribution >= 4 is 22.8 Å². The summed E-state index contributed by atoms with van der Waals surface area (Å²) in [6.45, 7) is 2.28. The number of hydrogen-bond acceptors (Lipinski definition) is 2. The number of rotatable bonds is 6. The van der Waals surface area contributed by atoms with Crippen LogP contribution >= 0.6 is 11.6 Å². The fourth-order valence-electron chi connectivity index (χ4n) is 2.47. The maximum absolute atomic E-state index is 12.3. The fourth-order valence-corrected chi connectivity index (χ4v) is 2.67. The zero-order chi connectivity index (χ0) is 15.6. The summed E-state index contributed by atoms with van der Waals surface area (Å²) in [5.41, 5.74) is 2.37. The predicted molar refractivity (Wildman–Crippen MR) is 75.3 cm³/mol. The number of aryl methyl sites for hydroxylation is 3. The number of fused-ring (bicyclic) bond motifs is 1. The van der Waals surface area contributed by atoms with Gasteiger partial charge in [-0.3, -0.25) is 4.68 Å². The summed E-state index contributed by atoms with van der Waals surface area (Å²) in [5.74, 6) is 0.769. The molecule has 0 aromatic carbocycles. The van der Waals surface area contributed by atoms with Gasteiger partial charge < -0.3 is 4.57 Å². The van der Waals surface area contributed by atoms with Gasteiger partial charge in [0.2, 0.25) is 0 Å². The largest absolute Gasteiger partial charge is 0.389 e. The van der Waals surface area contributed by atoms with Gasteiger partial charge in [-0.2, -0.15) is 18.3 Å². The van der Waals surface area contributed by atoms with E-state index in [2.05, 4.69) is 10.1 Å². The van der Waals surface area contributed by atoms with E-state index in [1.165, 1.54) is 0 Å². The molecule has 2 aromatic heterocycles. The third-order valence-corrected chi connectivity index (χ3v) is 3.56. The highest BCUT2D eigenvalue weighted by Crippen LogP contribution is 2.25. The van der Waals surface area contributed by atoms with Crippen LogP contribution in [-0.4, -0.2) is 25.5 Å². The van der Waals surface area contributed by atoms with Gasteiger partial charge in [0.1, 0.15) is 11.3 Å². The van der Waals surface area contributed by atoms with E-state index in [9.17, 15) is 13.2 Å². The quantitative estimate of drug-likeness (QED) is 0.758. The van der Waals surface area contributed by atoms with Crippen LogP contribution in [0.3, 0.4) is 0 Å². The van der Waals surface area contributed by atoms with E-state index >= 15 is 0 Å². The lowest BCUT2D eigenvalue weighted by Gasteiger charge is -2.09. The molecule has 118 valence electrons. The van der Waals surface area contributed by atoms with Crippen molar-refractivity contribution in [2.45, 2.75) is 51.2 Å².